The van der Waals surface area contributed by atoms with Gasteiger partial charge in [-0.1, -0.05) is 13.8 Å². The quantitative estimate of drug-likeness (QED) is 0.640. The fraction of sp³-hybridized carbons (Fsp3) is 0.700. The molecule has 0 amide bonds. The molecule has 0 aliphatic carbocycles. The van der Waals surface area contributed by atoms with Crippen LogP contribution in [0.2, 0.25) is 0 Å². The van der Waals surface area contributed by atoms with E-state index in [2.05, 4.69) is 37.2 Å². The highest BCUT2D eigenvalue weighted by atomic mass is 14.9. The van der Waals surface area contributed by atoms with Crippen LogP contribution in [0.15, 0.2) is 16.8 Å². The lowest BCUT2D eigenvalue weighted by Gasteiger charge is -2.08. The van der Waals surface area contributed by atoms with Gasteiger partial charge in [-0.25, -0.2) is 0 Å². The van der Waals surface area contributed by atoms with E-state index in [1.54, 1.807) is 0 Å². The van der Waals surface area contributed by atoms with E-state index >= 15 is 0 Å². The number of aliphatic imine (C=N–C) groups is 1. The Morgan fingerprint density at radius 1 is 1.42 bits per heavy atom. The molecule has 0 bridgehead atoms. The summed E-state index contributed by atoms with van der Waals surface area (Å²) in [6, 6.07) is 0. The van der Waals surface area contributed by atoms with Crippen LogP contribution in [0.4, 0.5) is 0 Å². The molecule has 0 rings (SSSR count). The molecule has 0 fully saturated rings. The zero-order chi connectivity index (χ0) is 9.56. The van der Waals surface area contributed by atoms with Gasteiger partial charge in [0.25, 0.3) is 0 Å². The van der Waals surface area contributed by atoms with Gasteiger partial charge >= 0.3 is 0 Å². The average molecular weight is 168 g/mol. The smallest absolute Gasteiger partial charge is 0.0330 e. The van der Waals surface area contributed by atoms with Crippen molar-refractivity contribution in [1.82, 2.24) is 5.32 Å². The van der Waals surface area contributed by atoms with Crippen molar-refractivity contribution >= 4 is 5.71 Å². The van der Waals surface area contributed by atoms with Gasteiger partial charge in [-0.05, 0) is 25.8 Å². The molecule has 0 atom stereocenters. The Kier molecular flexibility index (Phi) is 5.43. The molecule has 0 aromatic rings. The summed E-state index contributed by atoms with van der Waals surface area (Å²) in [7, 11) is 1.81. The number of hydrogen-bond donors (Lipinski definition) is 1. The number of nitrogens with one attached hydrogen (secondary N) is 1. The first-order valence-electron chi connectivity index (χ1n) is 4.41. The van der Waals surface area contributed by atoms with E-state index in [0.29, 0.717) is 5.92 Å². The maximum Gasteiger partial charge on any atom is 0.0330 e. The van der Waals surface area contributed by atoms with Gasteiger partial charge < -0.3 is 5.32 Å². The van der Waals surface area contributed by atoms with Crippen LogP contribution >= 0.6 is 0 Å². The van der Waals surface area contributed by atoms with Crippen molar-refractivity contribution in [2.24, 2.45) is 10.9 Å². The van der Waals surface area contributed by atoms with Crippen molar-refractivity contribution in [3.8, 4) is 0 Å². The highest BCUT2D eigenvalue weighted by molar-refractivity contribution is 5.93. The summed E-state index contributed by atoms with van der Waals surface area (Å²) in [5.41, 5.74) is 2.25. The van der Waals surface area contributed by atoms with Crippen molar-refractivity contribution in [2.75, 3.05) is 13.6 Å². The second-order valence-corrected chi connectivity index (χ2v) is 3.47. The largest absolute Gasteiger partial charge is 0.388 e. The Labute approximate surface area is 75.8 Å². The molecule has 0 saturated heterocycles. The van der Waals surface area contributed by atoms with Gasteiger partial charge in [0.2, 0.25) is 0 Å². The van der Waals surface area contributed by atoms with Crippen LogP contribution in [0.1, 0.15) is 27.7 Å². The zero-order valence-electron chi connectivity index (χ0n) is 8.81. The number of nitrogens with zero attached hydrogens (tertiary/aromatic N) is 1. The molecule has 0 aromatic carbocycles. The lowest BCUT2D eigenvalue weighted by molar-refractivity contribution is 0.596. The van der Waals surface area contributed by atoms with Crippen LogP contribution in [0, 0.1) is 5.92 Å². The Balaban J connectivity index is 3.86. The molecular weight excluding hydrogens is 148 g/mol. The molecule has 1 N–H and O–H groups in total. The minimum atomic E-state index is 0.687. The monoisotopic (exact) mass is 168 g/mol. The topological polar surface area (TPSA) is 24.4 Å². The Hall–Kier alpha value is -0.790. The van der Waals surface area contributed by atoms with Crippen LogP contribution in [0.25, 0.3) is 0 Å². The molecule has 0 spiro atoms. The Morgan fingerprint density at radius 3 is 2.42 bits per heavy atom. The normalized spacial score (nSPS) is 13.8. The SMILES string of the molecule is CN=C(C)/C=C(/C)NCC(C)C. The molecular formula is C10H20N2. The molecule has 0 aliphatic rings. The van der Waals surface area contributed by atoms with Gasteiger partial charge in [-0.15, -0.1) is 0 Å². The van der Waals surface area contributed by atoms with Crippen LogP contribution in [0.3, 0.4) is 0 Å². The first kappa shape index (κ1) is 11.2. The second-order valence-electron chi connectivity index (χ2n) is 3.47. The first-order valence-corrected chi connectivity index (χ1v) is 4.41. The molecule has 0 aliphatic heterocycles. The molecule has 0 aromatic heterocycles. The second kappa shape index (κ2) is 5.81. The molecule has 2 heteroatoms. The third-order valence-electron chi connectivity index (χ3n) is 1.57. The molecule has 0 heterocycles. The van der Waals surface area contributed by atoms with Gasteiger partial charge in [-0.3, -0.25) is 4.99 Å². The van der Waals surface area contributed by atoms with Gasteiger partial charge in [0.05, 0.1) is 0 Å². The minimum absolute atomic E-state index is 0.687. The minimum Gasteiger partial charge on any atom is -0.388 e. The molecule has 0 saturated carbocycles. The highest BCUT2D eigenvalue weighted by Crippen LogP contribution is 1.93. The van der Waals surface area contributed by atoms with Crippen molar-refractivity contribution in [2.45, 2.75) is 27.7 Å². The summed E-state index contributed by atoms with van der Waals surface area (Å²) < 4.78 is 0. The summed E-state index contributed by atoms with van der Waals surface area (Å²) in [5.74, 6) is 0.687. The highest BCUT2D eigenvalue weighted by Gasteiger charge is 1.93. The van der Waals surface area contributed by atoms with E-state index < -0.39 is 0 Å². The summed E-state index contributed by atoms with van der Waals surface area (Å²) in [4.78, 5) is 4.06. The predicted octanol–water partition coefficient (Wildman–Crippen LogP) is 2.23. The third-order valence-corrected chi connectivity index (χ3v) is 1.57. The summed E-state index contributed by atoms with van der Waals surface area (Å²) in [6.07, 6.45) is 2.06. The fourth-order valence-electron chi connectivity index (χ4n) is 0.794. The average Bonchev–Trinajstić information content (AvgIpc) is 2.00. The van der Waals surface area contributed by atoms with Crippen LogP contribution in [-0.4, -0.2) is 19.3 Å². The lowest BCUT2D eigenvalue weighted by atomic mass is 10.2. The lowest BCUT2D eigenvalue weighted by Crippen LogP contribution is -2.17. The molecule has 12 heavy (non-hydrogen) atoms. The molecule has 0 unspecified atom stereocenters. The number of allylic oxidation sites excluding steroid dienone is 2. The van der Waals surface area contributed by atoms with E-state index in [-0.39, 0.29) is 0 Å². The van der Waals surface area contributed by atoms with Crippen molar-refractivity contribution < 1.29 is 0 Å². The predicted molar refractivity (Wildman–Crippen MR) is 55.6 cm³/mol. The molecule has 2 nitrogen and oxygen atoms in total. The molecule has 70 valence electrons. The van der Waals surface area contributed by atoms with E-state index in [0.717, 1.165) is 12.3 Å². The summed E-state index contributed by atoms with van der Waals surface area (Å²) >= 11 is 0. The number of rotatable bonds is 4. The number of hydrogen-bond acceptors (Lipinski definition) is 2. The van der Waals surface area contributed by atoms with E-state index in [9.17, 15) is 0 Å². The maximum absolute atomic E-state index is 4.06. The van der Waals surface area contributed by atoms with Crippen LogP contribution < -0.4 is 5.32 Å². The van der Waals surface area contributed by atoms with Crippen LogP contribution in [0.5, 0.6) is 0 Å². The Morgan fingerprint density at radius 2 is 2.00 bits per heavy atom. The Bertz CT molecular complexity index is 178. The van der Waals surface area contributed by atoms with E-state index in [4.69, 9.17) is 0 Å². The van der Waals surface area contributed by atoms with E-state index in [1.807, 2.05) is 14.0 Å². The van der Waals surface area contributed by atoms with Crippen LogP contribution in [-0.2, 0) is 0 Å². The van der Waals surface area contributed by atoms with Gasteiger partial charge in [0.1, 0.15) is 0 Å². The van der Waals surface area contributed by atoms with Gasteiger partial charge in [0, 0.05) is 25.0 Å². The van der Waals surface area contributed by atoms with E-state index in [1.165, 1.54) is 5.70 Å². The standard InChI is InChI=1S/C10H20N2/c1-8(2)7-12-10(4)6-9(3)11-5/h6,8,12H,7H2,1-5H3/b10-6-,11-9?. The third kappa shape index (κ3) is 5.96. The maximum atomic E-state index is 4.06. The van der Waals surface area contributed by atoms with Crippen molar-refractivity contribution in [3.05, 3.63) is 11.8 Å². The van der Waals surface area contributed by atoms with Gasteiger partial charge in [0.15, 0.2) is 0 Å². The summed E-state index contributed by atoms with van der Waals surface area (Å²) in [6.45, 7) is 9.49. The fourth-order valence-corrected chi connectivity index (χ4v) is 0.794. The van der Waals surface area contributed by atoms with Crippen molar-refractivity contribution in [1.29, 1.82) is 0 Å². The summed E-state index contributed by atoms with van der Waals surface area (Å²) in [5, 5.41) is 3.33. The van der Waals surface area contributed by atoms with Gasteiger partial charge in [-0.2, -0.15) is 0 Å². The molecule has 0 radical (unpaired) electrons. The zero-order valence-corrected chi connectivity index (χ0v) is 8.81. The first-order chi connectivity index (χ1) is 5.56. The van der Waals surface area contributed by atoms with Crippen molar-refractivity contribution in [3.63, 3.8) is 0 Å².